The minimum Gasteiger partial charge on any atom is -0.462 e. The molecule has 0 bridgehead atoms. The Kier molecular flexibility index (Phi) is 7.59. The summed E-state index contributed by atoms with van der Waals surface area (Å²) in [5, 5.41) is 9.55. The van der Waals surface area contributed by atoms with Crippen LogP contribution >= 0.6 is 0 Å². The molecule has 2 aliphatic rings. The summed E-state index contributed by atoms with van der Waals surface area (Å²) >= 11 is 0. The minimum atomic E-state index is -0.156. The molecule has 0 radical (unpaired) electrons. The number of carbonyl (C=O) groups excluding carboxylic acids is 1. The summed E-state index contributed by atoms with van der Waals surface area (Å²) in [6, 6.07) is 2.57. The van der Waals surface area contributed by atoms with Gasteiger partial charge < -0.3 is 4.74 Å². The van der Waals surface area contributed by atoms with Crippen LogP contribution in [0.5, 0.6) is 0 Å². The lowest BCUT2D eigenvalue weighted by Crippen LogP contribution is -2.33. The average molecular weight is 334 g/mol. The van der Waals surface area contributed by atoms with Gasteiger partial charge in [0.25, 0.3) is 0 Å². The number of ether oxygens (including phenoxy) is 1. The van der Waals surface area contributed by atoms with Crippen LogP contribution in [0, 0.1) is 28.6 Å². The highest BCUT2D eigenvalue weighted by atomic mass is 16.5. The molecule has 0 amide bonds. The van der Waals surface area contributed by atoms with Crippen LogP contribution in [0.1, 0.15) is 97.3 Å². The molecule has 0 aliphatic heterocycles. The van der Waals surface area contributed by atoms with Gasteiger partial charge in [0.05, 0.1) is 17.4 Å². The minimum absolute atomic E-state index is 0.0352. The zero-order valence-corrected chi connectivity index (χ0v) is 15.7. The fourth-order valence-corrected chi connectivity index (χ4v) is 4.55. The molecule has 0 aromatic rings. The number of hydrogen-bond donors (Lipinski definition) is 0. The topological polar surface area (TPSA) is 50.1 Å². The number of rotatable bonds is 7. The Morgan fingerprint density at radius 2 is 1.75 bits per heavy atom. The van der Waals surface area contributed by atoms with Gasteiger partial charge in [-0.3, -0.25) is 4.79 Å². The van der Waals surface area contributed by atoms with Crippen LogP contribution in [0.3, 0.4) is 0 Å². The molecule has 3 heteroatoms. The Balaban J connectivity index is 1.73. The van der Waals surface area contributed by atoms with E-state index in [4.69, 9.17) is 4.74 Å². The van der Waals surface area contributed by atoms with E-state index in [1.165, 1.54) is 25.7 Å². The summed E-state index contributed by atoms with van der Waals surface area (Å²) in [6.45, 7) is 4.42. The Morgan fingerprint density at radius 1 is 1.08 bits per heavy atom. The van der Waals surface area contributed by atoms with Crippen molar-refractivity contribution in [2.75, 3.05) is 0 Å². The van der Waals surface area contributed by atoms with Gasteiger partial charge in [0.2, 0.25) is 0 Å². The van der Waals surface area contributed by atoms with Crippen molar-refractivity contribution in [3.8, 4) is 6.07 Å². The van der Waals surface area contributed by atoms with E-state index in [2.05, 4.69) is 19.9 Å². The van der Waals surface area contributed by atoms with Crippen LogP contribution in [0.25, 0.3) is 0 Å². The number of nitrogens with zero attached hydrogens (tertiary/aromatic N) is 1. The highest BCUT2D eigenvalue weighted by Crippen LogP contribution is 2.41. The van der Waals surface area contributed by atoms with E-state index in [1.807, 2.05) is 0 Å². The van der Waals surface area contributed by atoms with E-state index in [0.29, 0.717) is 0 Å². The molecule has 2 fully saturated rings. The van der Waals surface area contributed by atoms with Crippen molar-refractivity contribution in [3.63, 3.8) is 0 Å². The first-order chi connectivity index (χ1) is 11.6. The summed E-state index contributed by atoms with van der Waals surface area (Å²) in [5.41, 5.74) is -0.156. The maximum atomic E-state index is 12.4. The number of esters is 1. The second-order valence-electron chi connectivity index (χ2n) is 8.14. The Hall–Kier alpha value is -1.04. The number of unbranched alkanes of at least 4 members (excludes halogenated alkanes) is 1. The summed E-state index contributed by atoms with van der Waals surface area (Å²) in [7, 11) is 0. The first-order valence-corrected chi connectivity index (χ1v) is 10.2. The molecule has 3 nitrogen and oxygen atoms in total. The predicted octanol–water partition coefficient (Wildman–Crippen LogP) is 5.78. The van der Waals surface area contributed by atoms with Gasteiger partial charge >= 0.3 is 5.97 Å². The van der Waals surface area contributed by atoms with Gasteiger partial charge in [-0.25, -0.2) is 0 Å². The van der Waals surface area contributed by atoms with Crippen molar-refractivity contribution >= 4 is 5.97 Å². The van der Waals surface area contributed by atoms with Crippen molar-refractivity contribution in [1.82, 2.24) is 0 Å². The van der Waals surface area contributed by atoms with Crippen molar-refractivity contribution in [2.24, 2.45) is 17.3 Å². The fourth-order valence-electron chi connectivity index (χ4n) is 4.55. The van der Waals surface area contributed by atoms with E-state index >= 15 is 0 Å². The van der Waals surface area contributed by atoms with E-state index in [1.54, 1.807) is 0 Å². The van der Waals surface area contributed by atoms with Gasteiger partial charge in [0, 0.05) is 0 Å². The normalized spacial score (nSPS) is 33.6. The first-order valence-electron chi connectivity index (χ1n) is 10.2. The van der Waals surface area contributed by atoms with Gasteiger partial charge in [-0.1, -0.05) is 39.5 Å². The first kappa shape index (κ1) is 19.3. The molecule has 0 atom stereocenters. The molecule has 0 spiro atoms. The summed E-state index contributed by atoms with van der Waals surface area (Å²) in [5.74, 6) is 0.984. The summed E-state index contributed by atoms with van der Waals surface area (Å²) in [4.78, 5) is 12.4. The fraction of sp³-hybridized carbons (Fsp3) is 0.905. The van der Waals surface area contributed by atoms with Gasteiger partial charge in [-0.2, -0.15) is 5.26 Å². The number of nitriles is 1. The van der Waals surface area contributed by atoms with Crippen molar-refractivity contribution < 1.29 is 9.53 Å². The third-order valence-corrected chi connectivity index (χ3v) is 6.30. The van der Waals surface area contributed by atoms with Crippen LogP contribution in [0.2, 0.25) is 0 Å². The lowest BCUT2D eigenvalue weighted by molar-refractivity contribution is -0.158. The second-order valence-corrected chi connectivity index (χ2v) is 8.14. The van der Waals surface area contributed by atoms with Crippen molar-refractivity contribution in [2.45, 2.75) is 103 Å². The van der Waals surface area contributed by atoms with Crippen LogP contribution in [0.4, 0.5) is 0 Å². The lowest BCUT2D eigenvalue weighted by Gasteiger charge is -2.35. The SMILES string of the molecule is CCCC[C@]1(C#N)CC[C@H](OC(=O)[C@H]2CC[C@H](CCC)CC2)CC1. The van der Waals surface area contributed by atoms with Crippen LogP contribution in [0.15, 0.2) is 0 Å². The molecule has 0 aromatic carbocycles. The maximum absolute atomic E-state index is 12.4. The molecule has 2 saturated carbocycles. The van der Waals surface area contributed by atoms with Gasteiger partial charge in [0.1, 0.15) is 6.10 Å². The molecule has 0 N–H and O–H groups in total. The molecule has 2 aliphatic carbocycles. The van der Waals surface area contributed by atoms with Gasteiger partial charge in [-0.15, -0.1) is 0 Å². The predicted molar refractivity (Wildman–Crippen MR) is 96.3 cm³/mol. The monoisotopic (exact) mass is 333 g/mol. The van der Waals surface area contributed by atoms with Gasteiger partial charge in [0.15, 0.2) is 0 Å². The molecule has 24 heavy (non-hydrogen) atoms. The third-order valence-electron chi connectivity index (χ3n) is 6.30. The molecule has 0 unspecified atom stereocenters. The highest BCUT2D eigenvalue weighted by Gasteiger charge is 2.37. The molecule has 0 aromatic heterocycles. The Morgan fingerprint density at radius 3 is 2.29 bits per heavy atom. The van der Waals surface area contributed by atoms with E-state index in [9.17, 15) is 10.1 Å². The molecule has 0 heterocycles. The maximum Gasteiger partial charge on any atom is 0.309 e. The second kappa shape index (κ2) is 9.44. The summed E-state index contributed by atoms with van der Waals surface area (Å²) < 4.78 is 5.82. The standard InChI is InChI=1S/C21H35NO2/c1-3-5-13-21(16-22)14-11-19(12-15-21)24-20(23)18-9-7-17(6-4-2)8-10-18/h17-19H,3-15H2,1-2H3/t17-,18-,19-,21-. The molecular formula is C21H35NO2. The van der Waals surface area contributed by atoms with Crippen LogP contribution in [-0.2, 0) is 9.53 Å². The molecule has 0 saturated heterocycles. The highest BCUT2D eigenvalue weighted by molar-refractivity contribution is 5.72. The Bertz CT molecular complexity index is 424. The Labute approximate surface area is 148 Å². The van der Waals surface area contributed by atoms with Crippen LogP contribution < -0.4 is 0 Å². The smallest absolute Gasteiger partial charge is 0.309 e. The molecular weight excluding hydrogens is 298 g/mol. The van der Waals surface area contributed by atoms with E-state index in [-0.39, 0.29) is 23.4 Å². The van der Waals surface area contributed by atoms with Gasteiger partial charge in [-0.05, 0) is 63.7 Å². The van der Waals surface area contributed by atoms with Crippen LogP contribution in [-0.4, -0.2) is 12.1 Å². The van der Waals surface area contributed by atoms with E-state index < -0.39 is 0 Å². The molecule has 2 rings (SSSR count). The summed E-state index contributed by atoms with van der Waals surface area (Å²) in [6.07, 6.45) is 13.8. The number of carbonyl (C=O) groups is 1. The average Bonchev–Trinajstić information content (AvgIpc) is 2.62. The quantitative estimate of drug-likeness (QED) is 0.555. The van der Waals surface area contributed by atoms with E-state index in [0.717, 1.165) is 63.7 Å². The lowest BCUT2D eigenvalue weighted by atomic mass is 9.71. The zero-order chi connectivity index (χ0) is 17.4. The number of hydrogen-bond acceptors (Lipinski definition) is 3. The largest absolute Gasteiger partial charge is 0.462 e. The van der Waals surface area contributed by atoms with Crippen molar-refractivity contribution in [1.29, 1.82) is 5.26 Å². The zero-order valence-electron chi connectivity index (χ0n) is 15.7. The third kappa shape index (κ3) is 5.23. The van der Waals surface area contributed by atoms with Crippen molar-refractivity contribution in [3.05, 3.63) is 0 Å². The molecule has 136 valence electrons.